The van der Waals surface area contributed by atoms with E-state index in [0.29, 0.717) is 0 Å². The summed E-state index contributed by atoms with van der Waals surface area (Å²) in [6, 6.07) is 0. The van der Waals surface area contributed by atoms with E-state index >= 15 is 0 Å². The van der Waals surface area contributed by atoms with Crippen LogP contribution in [0, 0.1) is 5.41 Å². The zero-order valence-corrected chi connectivity index (χ0v) is 10.9. The highest BCUT2D eigenvalue weighted by molar-refractivity contribution is 5.30. The van der Waals surface area contributed by atoms with Crippen molar-refractivity contribution in [3.63, 3.8) is 0 Å². The number of rotatable bonds is 2. The number of allylic oxidation sites excluding steroid dienone is 2. The maximum absolute atomic E-state index is 9.55. The molecule has 0 aromatic rings. The van der Waals surface area contributed by atoms with Gasteiger partial charge in [0.2, 0.25) is 0 Å². The highest BCUT2D eigenvalue weighted by Gasteiger charge is 2.31. The zero-order valence-electron chi connectivity index (χ0n) is 10.9. The highest BCUT2D eigenvalue weighted by atomic mass is 16.3. The molecule has 0 aliphatic heterocycles. The molecule has 0 saturated carbocycles. The lowest BCUT2D eigenvalue weighted by molar-refractivity contribution is 0.154. The first-order chi connectivity index (χ1) is 8.00. The van der Waals surface area contributed by atoms with Crippen LogP contribution in [0.25, 0.3) is 0 Å². The fourth-order valence-electron chi connectivity index (χ4n) is 2.98. The van der Waals surface area contributed by atoms with Crippen molar-refractivity contribution in [2.24, 2.45) is 5.41 Å². The van der Waals surface area contributed by atoms with Crippen LogP contribution in [0.1, 0.15) is 52.4 Å². The van der Waals surface area contributed by atoms with E-state index in [4.69, 9.17) is 0 Å². The third kappa shape index (κ3) is 2.80. The fraction of sp³-hybridized carbons (Fsp3) is 0.733. The van der Waals surface area contributed by atoms with Gasteiger partial charge in [-0.05, 0) is 38.5 Å². The minimum absolute atomic E-state index is 0.111. The van der Waals surface area contributed by atoms with Crippen LogP contribution in [0.2, 0.25) is 0 Å². The van der Waals surface area contributed by atoms with E-state index in [9.17, 15) is 10.2 Å². The van der Waals surface area contributed by atoms with Gasteiger partial charge >= 0.3 is 0 Å². The second-order valence-electron chi connectivity index (χ2n) is 5.94. The van der Waals surface area contributed by atoms with Gasteiger partial charge in [0.1, 0.15) is 0 Å². The van der Waals surface area contributed by atoms with E-state index in [-0.39, 0.29) is 17.6 Å². The van der Waals surface area contributed by atoms with Crippen LogP contribution < -0.4 is 0 Å². The number of aliphatic hydroxyl groups excluding tert-OH is 2. The van der Waals surface area contributed by atoms with Gasteiger partial charge in [-0.25, -0.2) is 0 Å². The molecule has 0 bridgehead atoms. The van der Waals surface area contributed by atoms with Crippen LogP contribution >= 0.6 is 0 Å². The van der Waals surface area contributed by atoms with Gasteiger partial charge in [0.25, 0.3) is 0 Å². The Hall–Kier alpha value is -0.600. The van der Waals surface area contributed by atoms with Gasteiger partial charge in [-0.3, -0.25) is 0 Å². The number of hydrogen-bond donors (Lipinski definition) is 2. The van der Waals surface area contributed by atoms with Crippen LogP contribution in [-0.4, -0.2) is 22.4 Å². The van der Waals surface area contributed by atoms with Gasteiger partial charge in [0, 0.05) is 5.41 Å². The van der Waals surface area contributed by atoms with Crippen molar-refractivity contribution < 1.29 is 10.2 Å². The van der Waals surface area contributed by atoms with Crippen molar-refractivity contribution in [3.8, 4) is 0 Å². The molecule has 0 aromatic heterocycles. The Kier molecular flexibility index (Phi) is 3.74. The fourth-order valence-corrected chi connectivity index (χ4v) is 2.98. The third-order valence-corrected chi connectivity index (χ3v) is 4.37. The molecule has 2 unspecified atom stereocenters. The smallest absolute Gasteiger partial charge is 0.0577 e. The molecule has 17 heavy (non-hydrogen) atoms. The molecule has 0 heterocycles. The van der Waals surface area contributed by atoms with Crippen molar-refractivity contribution >= 4 is 0 Å². The van der Waals surface area contributed by atoms with Crippen molar-refractivity contribution in [1.82, 2.24) is 0 Å². The van der Waals surface area contributed by atoms with E-state index in [0.717, 1.165) is 38.5 Å². The van der Waals surface area contributed by atoms with Gasteiger partial charge in [0.15, 0.2) is 0 Å². The Morgan fingerprint density at radius 1 is 0.941 bits per heavy atom. The summed E-state index contributed by atoms with van der Waals surface area (Å²) in [7, 11) is 0. The monoisotopic (exact) mass is 236 g/mol. The largest absolute Gasteiger partial charge is 0.393 e. The maximum Gasteiger partial charge on any atom is 0.0577 e. The Balaban J connectivity index is 2.13. The molecule has 2 rings (SSSR count). The predicted molar refractivity (Wildman–Crippen MR) is 69.7 cm³/mol. The molecular formula is C15H24O2. The van der Waals surface area contributed by atoms with Crippen molar-refractivity contribution in [2.45, 2.75) is 64.6 Å². The lowest BCUT2D eigenvalue weighted by Crippen LogP contribution is -2.25. The summed E-state index contributed by atoms with van der Waals surface area (Å²) in [5.74, 6) is 0. The molecule has 2 N–H and O–H groups in total. The Bertz CT molecular complexity index is 307. The average molecular weight is 236 g/mol. The summed E-state index contributed by atoms with van der Waals surface area (Å²) in [6.45, 7) is 4.56. The molecule has 96 valence electrons. The number of hydrogen-bond acceptors (Lipinski definition) is 2. The molecule has 0 spiro atoms. The first-order valence-electron chi connectivity index (χ1n) is 6.75. The van der Waals surface area contributed by atoms with Gasteiger partial charge in [0.05, 0.1) is 12.2 Å². The van der Waals surface area contributed by atoms with Gasteiger partial charge in [-0.1, -0.05) is 37.1 Å². The van der Waals surface area contributed by atoms with Gasteiger partial charge in [-0.2, -0.15) is 0 Å². The third-order valence-electron chi connectivity index (χ3n) is 4.37. The molecule has 2 nitrogen and oxygen atoms in total. The van der Waals surface area contributed by atoms with Crippen molar-refractivity contribution in [3.05, 3.63) is 23.3 Å². The summed E-state index contributed by atoms with van der Waals surface area (Å²) in [5.41, 5.74) is 3.04. The van der Waals surface area contributed by atoms with Gasteiger partial charge < -0.3 is 10.2 Å². The molecule has 0 fully saturated rings. The highest BCUT2D eigenvalue weighted by Crippen LogP contribution is 2.43. The molecule has 2 aliphatic rings. The molecule has 0 saturated heterocycles. The first kappa shape index (κ1) is 12.8. The van der Waals surface area contributed by atoms with Crippen LogP contribution in [0.15, 0.2) is 23.3 Å². The van der Waals surface area contributed by atoms with Crippen LogP contribution in [-0.2, 0) is 0 Å². The lowest BCUT2D eigenvalue weighted by Gasteiger charge is -2.36. The van der Waals surface area contributed by atoms with Crippen molar-refractivity contribution in [2.75, 3.05) is 0 Å². The Labute approximate surface area is 104 Å². The molecular weight excluding hydrogens is 212 g/mol. The predicted octanol–water partition coefficient (Wildman–Crippen LogP) is 2.96. The van der Waals surface area contributed by atoms with Crippen LogP contribution in [0.3, 0.4) is 0 Å². The van der Waals surface area contributed by atoms with Crippen molar-refractivity contribution in [1.29, 1.82) is 0 Å². The SMILES string of the molecule is CC(C)(C1=CCC(O)CC1)C1=CCC(O)CC1. The standard InChI is InChI=1S/C15H24O2/c1-15(2,11-3-7-13(16)8-4-11)12-5-9-14(17)10-6-12/h3,5,13-14,16-17H,4,6-10H2,1-2H3. The van der Waals surface area contributed by atoms with Gasteiger partial charge in [-0.15, -0.1) is 0 Å². The molecule has 0 amide bonds. The summed E-state index contributed by atoms with van der Waals surface area (Å²) in [6.07, 6.45) is 9.57. The lowest BCUT2D eigenvalue weighted by atomic mass is 9.70. The van der Waals surface area contributed by atoms with E-state index in [1.54, 1.807) is 0 Å². The molecule has 0 aromatic carbocycles. The molecule has 2 aliphatic carbocycles. The van der Waals surface area contributed by atoms with Crippen LogP contribution in [0.5, 0.6) is 0 Å². The van der Waals surface area contributed by atoms with Crippen LogP contribution in [0.4, 0.5) is 0 Å². The second kappa shape index (κ2) is 4.95. The summed E-state index contributed by atoms with van der Waals surface area (Å²) in [4.78, 5) is 0. The maximum atomic E-state index is 9.55. The Morgan fingerprint density at radius 3 is 1.65 bits per heavy atom. The summed E-state index contributed by atoms with van der Waals surface area (Å²) >= 11 is 0. The Morgan fingerprint density at radius 2 is 1.35 bits per heavy atom. The first-order valence-corrected chi connectivity index (χ1v) is 6.75. The summed E-state index contributed by atoms with van der Waals surface area (Å²) in [5, 5.41) is 19.1. The second-order valence-corrected chi connectivity index (χ2v) is 5.94. The number of aliphatic hydroxyl groups is 2. The molecule has 0 radical (unpaired) electrons. The normalized spacial score (nSPS) is 30.8. The topological polar surface area (TPSA) is 40.5 Å². The van der Waals surface area contributed by atoms with E-state index < -0.39 is 0 Å². The van der Waals surface area contributed by atoms with E-state index in [1.165, 1.54) is 11.1 Å². The minimum Gasteiger partial charge on any atom is -0.393 e. The summed E-state index contributed by atoms with van der Waals surface area (Å²) < 4.78 is 0. The average Bonchev–Trinajstić information content (AvgIpc) is 2.30. The molecule has 2 heteroatoms. The zero-order chi connectivity index (χ0) is 12.5. The minimum atomic E-state index is -0.142. The molecule has 2 atom stereocenters. The van der Waals surface area contributed by atoms with E-state index in [1.807, 2.05) is 0 Å². The van der Waals surface area contributed by atoms with E-state index in [2.05, 4.69) is 26.0 Å². The quantitative estimate of drug-likeness (QED) is 0.724.